The second-order valence-corrected chi connectivity index (χ2v) is 8.17. The first-order valence-corrected chi connectivity index (χ1v) is 9.94. The van der Waals surface area contributed by atoms with Gasteiger partial charge in [-0.25, -0.2) is 5.01 Å². The zero-order valence-corrected chi connectivity index (χ0v) is 15.9. The Morgan fingerprint density at radius 1 is 1.04 bits per heavy atom. The Hall–Kier alpha value is -2.01. The van der Waals surface area contributed by atoms with Crippen LogP contribution in [0.15, 0.2) is 65.1 Å². The first kappa shape index (κ1) is 16.2. The lowest BCUT2D eigenvalue weighted by Crippen LogP contribution is -2.33. The van der Waals surface area contributed by atoms with Crippen LogP contribution in [-0.2, 0) is 0 Å². The average Bonchev–Trinajstić information content (AvgIpc) is 3.32. The standard InChI is InChI=1S/C20H14Cl2N2OS/c21-13-5-3-12(4-6-13)16-11-17-15-10-14(22)7-8-18(15)25-20(24(17)23-16)19-2-1-9-26-19/h1-10,17,20H,11H2/t17-,20-/m0/s1. The van der Waals surface area contributed by atoms with Crippen molar-refractivity contribution in [3.63, 3.8) is 0 Å². The second-order valence-electron chi connectivity index (χ2n) is 6.32. The molecule has 1 aromatic heterocycles. The summed E-state index contributed by atoms with van der Waals surface area (Å²) >= 11 is 14.0. The van der Waals surface area contributed by atoms with Crippen LogP contribution in [0.3, 0.4) is 0 Å². The van der Waals surface area contributed by atoms with Crippen molar-refractivity contribution in [3.8, 4) is 5.75 Å². The largest absolute Gasteiger partial charge is 0.464 e. The summed E-state index contributed by atoms with van der Waals surface area (Å²) in [5.74, 6) is 0.876. The van der Waals surface area contributed by atoms with Gasteiger partial charge in [0.15, 0.2) is 0 Å². The van der Waals surface area contributed by atoms with E-state index in [1.54, 1.807) is 11.3 Å². The molecule has 0 bridgehead atoms. The summed E-state index contributed by atoms with van der Waals surface area (Å²) in [6.45, 7) is 0. The number of hydrogen-bond donors (Lipinski definition) is 0. The number of nitrogens with zero attached hydrogens (tertiary/aromatic N) is 2. The van der Waals surface area contributed by atoms with Crippen molar-refractivity contribution in [1.82, 2.24) is 5.01 Å². The number of hydrazone groups is 1. The fraction of sp³-hybridized carbons (Fsp3) is 0.150. The molecule has 130 valence electrons. The van der Waals surface area contributed by atoms with Gasteiger partial charge in [-0.2, -0.15) is 5.10 Å². The Bertz CT molecular complexity index is 986. The smallest absolute Gasteiger partial charge is 0.222 e. The van der Waals surface area contributed by atoms with E-state index in [0.717, 1.165) is 38.9 Å². The van der Waals surface area contributed by atoms with Gasteiger partial charge in [-0.05, 0) is 47.3 Å². The van der Waals surface area contributed by atoms with Gasteiger partial charge in [0, 0.05) is 22.0 Å². The van der Waals surface area contributed by atoms with Gasteiger partial charge in [0.05, 0.1) is 16.6 Å². The van der Waals surface area contributed by atoms with Crippen molar-refractivity contribution in [3.05, 3.63) is 86.0 Å². The molecule has 2 atom stereocenters. The molecule has 26 heavy (non-hydrogen) atoms. The van der Waals surface area contributed by atoms with Crippen LogP contribution in [0.5, 0.6) is 5.75 Å². The minimum atomic E-state index is -0.224. The van der Waals surface area contributed by atoms with Crippen LogP contribution in [-0.4, -0.2) is 10.7 Å². The Kier molecular flexibility index (Phi) is 3.92. The van der Waals surface area contributed by atoms with Crippen molar-refractivity contribution in [2.24, 2.45) is 5.10 Å². The van der Waals surface area contributed by atoms with Crippen molar-refractivity contribution in [1.29, 1.82) is 0 Å². The molecule has 6 heteroatoms. The first-order valence-electron chi connectivity index (χ1n) is 8.30. The zero-order valence-electron chi connectivity index (χ0n) is 13.6. The number of thiophene rings is 1. The molecule has 0 fully saturated rings. The third-order valence-corrected chi connectivity index (χ3v) is 6.11. The zero-order chi connectivity index (χ0) is 17.7. The maximum absolute atomic E-state index is 6.30. The Balaban J connectivity index is 1.60. The molecule has 0 unspecified atom stereocenters. The summed E-state index contributed by atoms with van der Waals surface area (Å²) in [7, 11) is 0. The molecule has 0 amide bonds. The van der Waals surface area contributed by atoms with Crippen LogP contribution in [0.4, 0.5) is 0 Å². The minimum absolute atomic E-state index is 0.107. The molecule has 2 aliphatic heterocycles. The molecule has 0 saturated carbocycles. The van der Waals surface area contributed by atoms with Gasteiger partial charge < -0.3 is 4.74 Å². The van der Waals surface area contributed by atoms with Gasteiger partial charge in [0.1, 0.15) is 5.75 Å². The second kappa shape index (κ2) is 6.31. The number of ether oxygens (including phenoxy) is 1. The first-order chi connectivity index (χ1) is 12.7. The van der Waals surface area contributed by atoms with Gasteiger partial charge in [-0.15, -0.1) is 11.3 Å². The van der Waals surface area contributed by atoms with E-state index in [1.165, 1.54) is 0 Å². The topological polar surface area (TPSA) is 24.8 Å². The molecule has 3 heterocycles. The number of halogens is 2. The molecule has 5 rings (SSSR count). The minimum Gasteiger partial charge on any atom is -0.464 e. The van der Waals surface area contributed by atoms with E-state index >= 15 is 0 Å². The van der Waals surface area contributed by atoms with E-state index in [-0.39, 0.29) is 12.3 Å². The van der Waals surface area contributed by atoms with Crippen LogP contribution >= 0.6 is 34.5 Å². The highest BCUT2D eigenvalue weighted by molar-refractivity contribution is 7.10. The van der Waals surface area contributed by atoms with Crippen LogP contribution in [0.1, 0.15) is 34.7 Å². The Morgan fingerprint density at radius 2 is 1.85 bits per heavy atom. The summed E-state index contributed by atoms with van der Waals surface area (Å²) in [5.41, 5.74) is 3.19. The summed E-state index contributed by atoms with van der Waals surface area (Å²) in [4.78, 5) is 1.14. The molecule has 3 aromatic rings. The summed E-state index contributed by atoms with van der Waals surface area (Å²) in [6, 6.07) is 17.9. The lowest BCUT2D eigenvalue weighted by molar-refractivity contribution is -0.0165. The monoisotopic (exact) mass is 400 g/mol. The highest BCUT2D eigenvalue weighted by Gasteiger charge is 2.41. The Morgan fingerprint density at radius 3 is 2.62 bits per heavy atom. The molecule has 2 aromatic carbocycles. The molecule has 0 radical (unpaired) electrons. The molecule has 0 saturated heterocycles. The Labute approximate surface area is 165 Å². The van der Waals surface area contributed by atoms with Gasteiger partial charge >= 0.3 is 0 Å². The van der Waals surface area contributed by atoms with Crippen LogP contribution in [0.2, 0.25) is 10.0 Å². The summed E-state index contributed by atoms with van der Waals surface area (Å²) in [5, 5.41) is 10.5. The molecule has 0 spiro atoms. The number of fused-ring (bicyclic) bond motifs is 3. The van der Waals surface area contributed by atoms with Crippen molar-refractivity contribution in [2.75, 3.05) is 0 Å². The maximum atomic E-state index is 6.30. The lowest BCUT2D eigenvalue weighted by Gasteiger charge is -2.37. The highest BCUT2D eigenvalue weighted by Crippen LogP contribution is 2.48. The predicted octanol–water partition coefficient (Wildman–Crippen LogP) is 6.30. The number of rotatable bonds is 2. The highest BCUT2D eigenvalue weighted by atomic mass is 35.5. The van der Waals surface area contributed by atoms with Crippen LogP contribution in [0.25, 0.3) is 0 Å². The van der Waals surface area contributed by atoms with Crippen molar-refractivity contribution < 1.29 is 4.74 Å². The number of hydrogen-bond acceptors (Lipinski definition) is 4. The molecule has 2 aliphatic rings. The SMILES string of the molecule is Clc1ccc(C2=NN3[C@@H](C2)c2cc(Cl)ccc2O[C@H]3c2cccs2)cc1. The van der Waals surface area contributed by atoms with E-state index in [4.69, 9.17) is 33.0 Å². The molecule has 3 nitrogen and oxygen atoms in total. The number of benzene rings is 2. The van der Waals surface area contributed by atoms with E-state index in [1.807, 2.05) is 48.5 Å². The summed E-state index contributed by atoms with van der Waals surface area (Å²) in [6.07, 6.45) is 0.582. The molecule has 0 aliphatic carbocycles. The van der Waals surface area contributed by atoms with Gasteiger partial charge in [-0.3, -0.25) is 0 Å². The van der Waals surface area contributed by atoms with E-state index < -0.39 is 0 Å². The quantitative estimate of drug-likeness (QED) is 0.504. The van der Waals surface area contributed by atoms with E-state index in [2.05, 4.69) is 16.5 Å². The van der Waals surface area contributed by atoms with E-state index in [0.29, 0.717) is 5.02 Å². The summed E-state index contributed by atoms with van der Waals surface area (Å²) < 4.78 is 6.30. The average molecular weight is 401 g/mol. The molecule has 0 N–H and O–H groups in total. The third-order valence-electron chi connectivity index (χ3n) is 4.72. The third kappa shape index (κ3) is 2.69. The van der Waals surface area contributed by atoms with Crippen LogP contribution in [0, 0.1) is 0 Å². The fourth-order valence-electron chi connectivity index (χ4n) is 3.49. The normalized spacial score (nSPS) is 21.0. The van der Waals surface area contributed by atoms with Gasteiger partial charge in [0.25, 0.3) is 0 Å². The molecular formula is C20H14Cl2N2OS. The van der Waals surface area contributed by atoms with E-state index in [9.17, 15) is 0 Å². The van der Waals surface area contributed by atoms with Gasteiger partial charge in [-0.1, -0.05) is 41.4 Å². The van der Waals surface area contributed by atoms with Gasteiger partial charge in [0.2, 0.25) is 6.23 Å². The fourth-order valence-corrected chi connectivity index (χ4v) is 4.54. The van der Waals surface area contributed by atoms with Crippen LogP contribution < -0.4 is 4.74 Å². The maximum Gasteiger partial charge on any atom is 0.222 e. The predicted molar refractivity (Wildman–Crippen MR) is 106 cm³/mol. The molecular weight excluding hydrogens is 387 g/mol. The van der Waals surface area contributed by atoms with Crippen molar-refractivity contribution in [2.45, 2.75) is 18.7 Å². The lowest BCUT2D eigenvalue weighted by atomic mass is 9.96. The van der Waals surface area contributed by atoms with Crippen molar-refractivity contribution >= 4 is 40.3 Å².